The molecular weight excluding hydrogens is 295 g/mol. The quantitative estimate of drug-likeness (QED) is 0.855. The van der Waals surface area contributed by atoms with Crippen LogP contribution in [0.2, 0.25) is 0 Å². The average molecular weight is 320 g/mol. The van der Waals surface area contributed by atoms with E-state index in [4.69, 9.17) is 4.74 Å². The molecule has 0 bridgehead atoms. The number of rotatable bonds is 4. The molecule has 1 aromatic carbocycles. The van der Waals surface area contributed by atoms with E-state index in [0.717, 1.165) is 32.5 Å². The third-order valence-electron chi connectivity index (χ3n) is 4.93. The molecule has 126 valence electrons. The number of hydrogen-bond donors (Lipinski definition) is 0. The smallest absolute Gasteiger partial charge is 0.222 e. The summed E-state index contributed by atoms with van der Waals surface area (Å²) in [6.45, 7) is 4.43. The van der Waals surface area contributed by atoms with Crippen LogP contribution in [0.4, 0.5) is 10.1 Å². The van der Waals surface area contributed by atoms with Crippen LogP contribution in [0.5, 0.6) is 0 Å². The third kappa shape index (κ3) is 4.22. The summed E-state index contributed by atoms with van der Waals surface area (Å²) in [4.78, 5) is 16.3. The van der Waals surface area contributed by atoms with E-state index in [1.165, 1.54) is 6.07 Å². The number of piperazine rings is 1. The Hall–Kier alpha value is -1.62. The fourth-order valence-electron chi connectivity index (χ4n) is 3.43. The summed E-state index contributed by atoms with van der Waals surface area (Å²) in [7, 11) is 0. The Morgan fingerprint density at radius 1 is 1.13 bits per heavy atom. The molecule has 3 rings (SSSR count). The molecule has 4 nitrogen and oxygen atoms in total. The molecule has 0 aromatic heterocycles. The van der Waals surface area contributed by atoms with E-state index in [1.807, 2.05) is 15.9 Å². The molecule has 2 saturated heterocycles. The van der Waals surface area contributed by atoms with Crippen LogP contribution in [-0.4, -0.2) is 50.2 Å². The summed E-state index contributed by atoms with van der Waals surface area (Å²) in [5.74, 6) is 0.684. The summed E-state index contributed by atoms with van der Waals surface area (Å²) in [6.07, 6.45) is 3.75. The van der Waals surface area contributed by atoms with E-state index in [-0.39, 0.29) is 11.7 Å². The summed E-state index contributed by atoms with van der Waals surface area (Å²) in [5, 5.41) is 0. The zero-order valence-corrected chi connectivity index (χ0v) is 13.5. The van der Waals surface area contributed by atoms with Gasteiger partial charge in [-0.05, 0) is 37.3 Å². The van der Waals surface area contributed by atoms with Gasteiger partial charge in [0.05, 0.1) is 5.69 Å². The van der Waals surface area contributed by atoms with Gasteiger partial charge in [-0.25, -0.2) is 4.39 Å². The van der Waals surface area contributed by atoms with Gasteiger partial charge in [-0.15, -0.1) is 0 Å². The van der Waals surface area contributed by atoms with Crippen LogP contribution in [0.3, 0.4) is 0 Å². The number of carbonyl (C=O) groups is 1. The van der Waals surface area contributed by atoms with E-state index in [9.17, 15) is 9.18 Å². The largest absolute Gasteiger partial charge is 0.381 e. The predicted molar refractivity (Wildman–Crippen MR) is 88.0 cm³/mol. The van der Waals surface area contributed by atoms with Gasteiger partial charge in [0.1, 0.15) is 5.82 Å². The van der Waals surface area contributed by atoms with Crippen molar-refractivity contribution in [1.29, 1.82) is 0 Å². The number of hydrogen-bond acceptors (Lipinski definition) is 3. The highest BCUT2D eigenvalue weighted by atomic mass is 19.1. The summed E-state index contributed by atoms with van der Waals surface area (Å²) in [5.41, 5.74) is 0.641. The molecule has 2 heterocycles. The molecule has 0 atom stereocenters. The van der Waals surface area contributed by atoms with Crippen molar-refractivity contribution in [2.24, 2.45) is 5.92 Å². The van der Waals surface area contributed by atoms with Gasteiger partial charge in [-0.2, -0.15) is 0 Å². The summed E-state index contributed by atoms with van der Waals surface area (Å²) < 4.78 is 19.2. The van der Waals surface area contributed by atoms with Gasteiger partial charge in [-0.1, -0.05) is 12.1 Å². The molecule has 1 aromatic rings. The van der Waals surface area contributed by atoms with E-state index in [0.29, 0.717) is 44.2 Å². The second-order valence-corrected chi connectivity index (χ2v) is 6.41. The molecule has 0 N–H and O–H groups in total. The second kappa shape index (κ2) is 7.77. The number of para-hydroxylation sites is 1. The van der Waals surface area contributed by atoms with E-state index in [2.05, 4.69) is 0 Å². The molecule has 23 heavy (non-hydrogen) atoms. The van der Waals surface area contributed by atoms with Crippen molar-refractivity contribution in [2.45, 2.75) is 25.7 Å². The SMILES string of the molecule is O=C(CCC1CCOCC1)N1CCN(c2ccccc2F)CC1. The van der Waals surface area contributed by atoms with Gasteiger partial charge in [0.15, 0.2) is 0 Å². The zero-order chi connectivity index (χ0) is 16.1. The average Bonchev–Trinajstić information content (AvgIpc) is 2.61. The zero-order valence-electron chi connectivity index (χ0n) is 13.5. The van der Waals surface area contributed by atoms with E-state index < -0.39 is 0 Å². The maximum atomic E-state index is 13.8. The van der Waals surface area contributed by atoms with E-state index >= 15 is 0 Å². The summed E-state index contributed by atoms with van der Waals surface area (Å²) in [6, 6.07) is 6.84. The first-order valence-electron chi connectivity index (χ1n) is 8.59. The van der Waals surface area contributed by atoms with Crippen LogP contribution in [0, 0.1) is 11.7 Å². The number of nitrogens with zero attached hydrogens (tertiary/aromatic N) is 2. The Morgan fingerprint density at radius 3 is 2.52 bits per heavy atom. The normalized spacial score (nSPS) is 19.9. The van der Waals surface area contributed by atoms with Crippen molar-refractivity contribution in [3.05, 3.63) is 30.1 Å². The van der Waals surface area contributed by atoms with Crippen molar-refractivity contribution >= 4 is 11.6 Å². The summed E-state index contributed by atoms with van der Waals surface area (Å²) >= 11 is 0. The molecule has 0 spiro atoms. The van der Waals surface area contributed by atoms with Crippen molar-refractivity contribution in [2.75, 3.05) is 44.3 Å². The van der Waals surface area contributed by atoms with Crippen LogP contribution < -0.4 is 4.90 Å². The van der Waals surface area contributed by atoms with Gasteiger partial charge in [-0.3, -0.25) is 4.79 Å². The molecular formula is C18H25FN2O2. The Balaban J connectivity index is 1.45. The highest BCUT2D eigenvalue weighted by Gasteiger charge is 2.23. The number of ether oxygens (including phenoxy) is 1. The number of benzene rings is 1. The number of halogens is 1. The van der Waals surface area contributed by atoms with Crippen molar-refractivity contribution < 1.29 is 13.9 Å². The van der Waals surface area contributed by atoms with Crippen LogP contribution in [0.1, 0.15) is 25.7 Å². The fourth-order valence-corrected chi connectivity index (χ4v) is 3.43. The fraction of sp³-hybridized carbons (Fsp3) is 0.611. The first kappa shape index (κ1) is 16.2. The lowest BCUT2D eigenvalue weighted by Crippen LogP contribution is -2.49. The molecule has 0 aliphatic carbocycles. The lowest BCUT2D eigenvalue weighted by molar-refractivity contribution is -0.132. The van der Waals surface area contributed by atoms with Gasteiger partial charge < -0.3 is 14.5 Å². The van der Waals surface area contributed by atoms with Crippen molar-refractivity contribution in [1.82, 2.24) is 4.90 Å². The van der Waals surface area contributed by atoms with Crippen LogP contribution >= 0.6 is 0 Å². The second-order valence-electron chi connectivity index (χ2n) is 6.41. The van der Waals surface area contributed by atoms with Crippen LogP contribution in [0.15, 0.2) is 24.3 Å². The minimum absolute atomic E-state index is 0.188. The van der Waals surface area contributed by atoms with Crippen LogP contribution in [-0.2, 0) is 9.53 Å². The van der Waals surface area contributed by atoms with Crippen molar-refractivity contribution in [3.63, 3.8) is 0 Å². The maximum absolute atomic E-state index is 13.8. The number of anilines is 1. The Morgan fingerprint density at radius 2 is 1.83 bits per heavy atom. The maximum Gasteiger partial charge on any atom is 0.222 e. The highest BCUT2D eigenvalue weighted by Crippen LogP contribution is 2.22. The van der Waals surface area contributed by atoms with Gasteiger partial charge in [0.25, 0.3) is 0 Å². The Kier molecular flexibility index (Phi) is 5.49. The lowest BCUT2D eigenvalue weighted by Gasteiger charge is -2.36. The predicted octanol–water partition coefficient (Wildman–Crippen LogP) is 2.68. The molecule has 2 fully saturated rings. The molecule has 2 aliphatic rings. The lowest BCUT2D eigenvalue weighted by atomic mass is 9.94. The molecule has 0 unspecified atom stereocenters. The molecule has 1 amide bonds. The highest BCUT2D eigenvalue weighted by molar-refractivity contribution is 5.76. The van der Waals surface area contributed by atoms with Gasteiger partial charge >= 0.3 is 0 Å². The standard InChI is InChI=1S/C18H25FN2O2/c19-16-3-1-2-4-17(16)20-9-11-21(12-10-20)18(22)6-5-15-7-13-23-14-8-15/h1-4,15H,5-14H2. The Labute approximate surface area is 137 Å². The minimum Gasteiger partial charge on any atom is -0.381 e. The Bertz CT molecular complexity index is 524. The van der Waals surface area contributed by atoms with Crippen molar-refractivity contribution in [3.8, 4) is 0 Å². The topological polar surface area (TPSA) is 32.8 Å². The van der Waals surface area contributed by atoms with Crippen LogP contribution in [0.25, 0.3) is 0 Å². The third-order valence-corrected chi connectivity index (χ3v) is 4.93. The van der Waals surface area contributed by atoms with E-state index in [1.54, 1.807) is 12.1 Å². The molecule has 0 radical (unpaired) electrons. The molecule has 5 heteroatoms. The first-order valence-corrected chi connectivity index (χ1v) is 8.59. The first-order chi connectivity index (χ1) is 11.2. The molecule has 2 aliphatic heterocycles. The monoisotopic (exact) mass is 320 g/mol. The number of amides is 1. The minimum atomic E-state index is -0.188. The van der Waals surface area contributed by atoms with Gasteiger partial charge in [0.2, 0.25) is 5.91 Å². The number of carbonyl (C=O) groups excluding carboxylic acids is 1. The molecule has 0 saturated carbocycles. The van der Waals surface area contributed by atoms with Gasteiger partial charge in [0, 0.05) is 45.8 Å².